The highest BCUT2D eigenvalue weighted by molar-refractivity contribution is 5.29. The summed E-state index contributed by atoms with van der Waals surface area (Å²) in [5, 5.41) is 4.20. The molecular formula is C12H17N5. The van der Waals surface area contributed by atoms with Crippen LogP contribution in [0.3, 0.4) is 0 Å². The molecule has 2 rings (SSSR count). The van der Waals surface area contributed by atoms with Crippen LogP contribution in [-0.4, -0.2) is 19.7 Å². The van der Waals surface area contributed by atoms with Gasteiger partial charge in [-0.2, -0.15) is 5.10 Å². The lowest BCUT2D eigenvalue weighted by Gasteiger charge is -2.16. The van der Waals surface area contributed by atoms with Gasteiger partial charge in [-0.25, -0.2) is 9.67 Å². The first-order chi connectivity index (χ1) is 8.11. The number of pyridine rings is 1. The van der Waals surface area contributed by atoms with Gasteiger partial charge >= 0.3 is 0 Å². The molecule has 0 aromatic carbocycles. The van der Waals surface area contributed by atoms with Crippen LogP contribution in [0.2, 0.25) is 0 Å². The molecule has 0 saturated carbocycles. The smallest absolute Gasteiger partial charge is 0.148 e. The van der Waals surface area contributed by atoms with Crippen molar-refractivity contribution in [3.63, 3.8) is 0 Å². The van der Waals surface area contributed by atoms with E-state index in [1.165, 1.54) is 0 Å². The summed E-state index contributed by atoms with van der Waals surface area (Å²) >= 11 is 0. The second-order valence-corrected chi connectivity index (χ2v) is 4.37. The molecule has 0 aliphatic rings. The third kappa shape index (κ3) is 2.19. The third-order valence-electron chi connectivity index (χ3n) is 2.78. The van der Waals surface area contributed by atoms with Crippen LogP contribution in [0.15, 0.2) is 24.8 Å². The van der Waals surface area contributed by atoms with E-state index in [1.54, 1.807) is 18.7 Å². The van der Waals surface area contributed by atoms with Crippen LogP contribution >= 0.6 is 0 Å². The van der Waals surface area contributed by atoms with Crippen molar-refractivity contribution >= 4 is 0 Å². The molecule has 2 aromatic heterocycles. The Morgan fingerprint density at radius 2 is 2.12 bits per heavy atom. The van der Waals surface area contributed by atoms with E-state index in [2.05, 4.69) is 28.9 Å². The maximum atomic E-state index is 6.24. The summed E-state index contributed by atoms with van der Waals surface area (Å²) in [5.74, 6) is 0.774. The molecule has 2 aromatic rings. The first kappa shape index (κ1) is 11.7. The van der Waals surface area contributed by atoms with Crippen molar-refractivity contribution in [2.24, 2.45) is 5.73 Å². The normalized spacial score (nSPS) is 13.0. The minimum atomic E-state index is -0.284. The minimum Gasteiger partial charge on any atom is -0.318 e. The van der Waals surface area contributed by atoms with Gasteiger partial charge in [0.15, 0.2) is 0 Å². The topological polar surface area (TPSA) is 69.6 Å². The van der Waals surface area contributed by atoms with E-state index in [1.807, 2.05) is 17.7 Å². The Labute approximate surface area is 101 Å². The molecule has 0 aliphatic heterocycles. The van der Waals surface area contributed by atoms with Crippen LogP contribution in [0.1, 0.15) is 42.9 Å². The number of hydrogen-bond acceptors (Lipinski definition) is 4. The van der Waals surface area contributed by atoms with Gasteiger partial charge in [-0.1, -0.05) is 0 Å². The van der Waals surface area contributed by atoms with Gasteiger partial charge in [0.1, 0.15) is 12.2 Å². The zero-order valence-electron chi connectivity index (χ0n) is 10.3. The first-order valence-electron chi connectivity index (χ1n) is 5.66. The van der Waals surface area contributed by atoms with Gasteiger partial charge in [0.25, 0.3) is 0 Å². The van der Waals surface area contributed by atoms with Gasteiger partial charge in [0.05, 0.1) is 6.04 Å². The lowest BCUT2D eigenvalue weighted by Crippen LogP contribution is -2.20. The van der Waals surface area contributed by atoms with Crippen LogP contribution in [0.25, 0.3) is 0 Å². The van der Waals surface area contributed by atoms with Gasteiger partial charge in [-0.3, -0.25) is 4.98 Å². The third-order valence-corrected chi connectivity index (χ3v) is 2.78. The first-order valence-corrected chi connectivity index (χ1v) is 5.66. The van der Waals surface area contributed by atoms with Gasteiger partial charge in [0, 0.05) is 18.4 Å². The van der Waals surface area contributed by atoms with Crippen LogP contribution in [0.4, 0.5) is 0 Å². The molecule has 0 bridgehead atoms. The lowest BCUT2D eigenvalue weighted by atomic mass is 10.0. The second-order valence-electron chi connectivity index (χ2n) is 4.37. The van der Waals surface area contributed by atoms with Crippen LogP contribution in [-0.2, 0) is 0 Å². The maximum absolute atomic E-state index is 6.24. The molecule has 0 spiro atoms. The van der Waals surface area contributed by atoms with Gasteiger partial charge in [-0.05, 0) is 38.0 Å². The molecule has 0 aliphatic carbocycles. The van der Waals surface area contributed by atoms with E-state index in [0.29, 0.717) is 0 Å². The SMILES string of the molecule is Cc1ccncc1C(N)c1ncnn1C(C)C. The van der Waals surface area contributed by atoms with Crippen LogP contribution < -0.4 is 5.73 Å². The number of aryl methyl sites for hydroxylation is 1. The molecule has 2 N–H and O–H groups in total. The number of aromatic nitrogens is 4. The average Bonchev–Trinajstić information content (AvgIpc) is 2.77. The van der Waals surface area contributed by atoms with Crippen LogP contribution in [0, 0.1) is 6.92 Å². The summed E-state index contributed by atoms with van der Waals surface area (Å²) in [6.45, 7) is 6.13. The van der Waals surface area contributed by atoms with E-state index < -0.39 is 0 Å². The predicted octanol–water partition coefficient (Wildman–Crippen LogP) is 1.61. The van der Waals surface area contributed by atoms with Gasteiger partial charge < -0.3 is 5.73 Å². The Bertz CT molecular complexity index is 503. The zero-order chi connectivity index (χ0) is 12.4. The number of nitrogens with zero attached hydrogens (tertiary/aromatic N) is 4. The molecule has 1 unspecified atom stereocenters. The predicted molar refractivity (Wildman–Crippen MR) is 65.4 cm³/mol. The number of hydrogen-bond donors (Lipinski definition) is 1. The molecule has 0 fully saturated rings. The van der Waals surface area contributed by atoms with Crippen molar-refractivity contribution in [3.05, 3.63) is 41.7 Å². The number of rotatable bonds is 3. The Hall–Kier alpha value is -1.75. The summed E-state index contributed by atoms with van der Waals surface area (Å²) in [6, 6.07) is 1.91. The van der Waals surface area contributed by atoms with Crippen molar-refractivity contribution in [2.75, 3.05) is 0 Å². The molecule has 2 heterocycles. The van der Waals surface area contributed by atoms with Crippen LogP contribution in [0.5, 0.6) is 0 Å². The quantitative estimate of drug-likeness (QED) is 0.871. The van der Waals surface area contributed by atoms with Crippen molar-refractivity contribution in [2.45, 2.75) is 32.9 Å². The highest BCUT2D eigenvalue weighted by Crippen LogP contribution is 2.21. The van der Waals surface area contributed by atoms with Gasteiger partial charge in [-0.15, -0.1) is 0 Å². The molecule has 5 heteroatoms. The number of nitrogens with two attached hydrogens (primary N) is 1. The fraction of sp³-hybridized carbons (Fsp3) is 0.417. The minimum absolute atomic E-state index is 0.246. The molecule has 0 saturated heterocycles. The van der Waals surface area contributed by atoms with Crippen molar-refractivity contribution in [1.29, 1.82) is 0 Å². The molecule has 0 amide bonds. The summed E-state index contributed by atoms with van der Waals surface area (Å²) < 4.78 is 1.84. The molecule has 17 heavy (non-hydrogen) atoms. The van der Waals surface area contributed by atoms with E-state index in [9.17, 15) is 0 Å². The highest BCUT2D eigenvalue weighted by atomic mass is 15.4. The molecule has 0 radical (unpaired) electrons. The van der Waals surface area contributed by atoms with E-state index in [4.69, 9.17) is 5.73 Å². The Kier molecular flexibility index (Phi) is 3.19. The Balaban J connectivity index is 2.41. The Morgan fingerprint density at radius 3 is 2.76 bits per heavy atom. The largest absolute Gasteiger partial charge is 0.318 e. The standard InChI is InChI=1S/C12H17N5/c1-8(2)17-12(15-7-16-17)11(13)10-6-14-5-4-9(10)3/h4-8,11H,13H2,1-3H3. The fourth-order valence-corrected chi connectivity index (χ4v) is 1.82. The summed E-state index contributed by atoms with van der Waals surface area (Å²) in [5.41, 5.74) is 8.34. The highest BCUT2D eigenvalue weighted by Gasteiger charge is 2.18. The molecule has 5 nitrogen and oxygen atoms in total. The fourth-order valence-electron chi connectivity index (χ4n) is 1.82. The van der Waals surface area contributed by atoms with Crippen molar-refractivity contribution in [3.8, 4) is 0 Å². The maximum Gasteiger partial charge on any atom is 0.148 e. The zero-order valence-corrected chi connectivity index (χ0v) is 10.3. The summed E-state index contributed by atoms with van der Waals surface area (Å²) in [7, 11) is 0. The van der Waals surface area contributed by atoms with Gasteiger partial charge in [0.2, 0.25) is 0 Å². The monoisotopic (exact) mass is 231 g/mol. The van der Waals surface area contributed by atoms with Crippen molar-refractivity contribution in [1.82, 2.24) is 19.7 Å². The van der Waals surface area contributed by atoms with E-state index in [-0.39, 0.29) is 12.1 Å². The van der Waals surface area contributed by atoms with Crippen molar-refractivity contribution < 1.29 is 0 Å². The summed E-state index contributed by atoms with van der Waals surface area (Å²) in [4.78, 5) is 8.37. The van der Waals surface area contributed by atoms with E-state index >= 15 is 0 Å². The molecule has 1 atom stereocenters. The average molecular weight is 231 g/mol. The molecular weight excluding hydrogens is 214 g/mol. The molecule has 90 valence electrons. The summed E-state index contributed by atoms with van der Waals surface area (Å²) in [6.07, 6.45) is 5.10. The Morgan fingerprint density at radius 1 is 1.35 bits per heavy atom. The second kappa shape index (κ2) is 4.63. The van der Waals surface area contributed by atoms with E-state index in [0.717, 1.165) is 17.0 Å². The lowest BCUT2D eigenvalue weighted by molar-refractivity contribution is 0.493.